The molecule has 1 N–H and O–H groups in total. The fourth-order valence-electron chi connectivity index (χ4n) is 5.95. The summed E-state index contributed by atoms with van der Waals surface area (Å²) in [6, 6.07) is 5.71. The normalized spacial score (nSPS) is 22.9. The molecule has 2 saturated heterocycles. The van der Waals surface area contributed by atoms with Crippen molar-refractivity contribution in [2.75, 3.05) is 50.9 Å². The number of carbonyl (C=O) groups is 1. The Balaban J connectivity index is 1.31. The quantitative estimate of drug-likeness (QED) is 0.670. The first kappa shape index (κ1) is 23.3. The number of fused-ring (bicyclic) bond motifs is 1. The largest absolute Gasteiger partial charge is 0.494 e. The van der Waals surface area contributed by atoms with Crippen LogP contribution in [0.1, 0.15) is 51.1 Å². The molecule has 0 spiro atoms. The van der Waals surface area contributed by atoms with E-state index in [-0.39, 0.29) is 17.5 Å². The zero-order chi connectivity index (χ0) is 23.5. The van der Waals surface area contributed by atoms with Crippen LogP contribution in [-0.4, -0.2) is 78.4 Å². The lowest BCUT2D eigenvalue weighted by molar-refractivity contribution is -0.123. The summed E-state index contributed by atoms with van der Waals surface area (Å²) in [6.45, 7) is 9.61. The molecular weight excluding hydrogens is 430 g/mol. The van der Waals surface area contributed by atoms with Gasteiger partial charge in [0.25, 0.3) is 0 Å². The number of rotatable bonds is 7. The molecule has 1 aliphatic carbocycles. The number of aromatic nitrogens is 2. The summed E-state index contributed by atoms with van der Waals surface area (Å²) in [4.78, 5) is 27.7. The molecule has 1 amide bonds. The molecule has 0 radical (unpaired) electrons. The van der Waals surface area contributed by atoms with Crippen molar-refractivity contribution < 1.29 is 14.3 Å². The molecule has 184 valence electrons. The van der Waals surface area contributed by atoms with Gasteiger partial charge < -0.3 is 19.7 Å². The third kappa shape index (κ3) is 4.58. The van der Waals surface area contributed by atoms with Crippen LogP contribution in [0.4, 0.5) is 5.95 Å². The van der Waals surface area contributed by atoms with Gasteiger partial charge in [-0.1, -0.05) is 12.8 Å². The minimum Gasteiger partial charge on any atom is -0.494 e. The number of anilines is 1. The summed E-state index contributed by atoms with van der Waals surface area (Å²) in [7, 11) is 0. The number of hydrogen-bond acceptors (Lipinski definition) is 7. The van der Waals surface area contributed by atoms with Crippen molar-refractivity contribution in [1.29, 1.82) is 0 Å². The fraction of sp³-hybridized carbons (Fsp3) is 0.654. The molecule has 8 nitrogen and oxygen atoms in total. The second-order valence-electron chi connectivity index (χ2n) is 9.82. The van der Waals surface area contributed by atoms with Gasteiger partial charge in [-0.05, 0) is 57.7 Å². The molecule has 0 bridgehead atoms. The van der Waals surface area contributed by atoms with Gasteiger partial charge in [0.1, 0.15) is 11.8 Å². The monoisotopic (exact) mass is 467 g/mol. The van der Waals surface area contributed by atoms with Crippen LogP contribution in [0.2, 0.25) is 0 Å². The maximum Gasteiger partial charge on any atom is 0.242 e. The highest BCUT2D eigenvalue weighted by Crippen LogP contribution is 2.35. The summed E-state index contributed by atoms with van der Waals surface area (Å²) >= 11 is 0. The molecule has 2 aromatic rings. The van der Waals surface area contributed by atoms with E-state index in [0.717, 1.165) is 80.9 Å². The van der Waals surface area contributed by atoms with Crippen molar-refractivity contribution >= 4 is 22.8 Å². The van der Waals surface area contributed by atoms with Gasteiger partial charge in [-0.3, -0.25) is 9.69 Å². The Morgan fingerprint density at radius 1 is 1.18 bits per heavy atom. The number of ether oxygens (including phenoxy) is 2. The SMILES string of the molecule is CCOc1ccc2nc(N3CCC[C@H]3C(=O)NCC3(N4CCOCC4)CCCC3)nc(C)c2c1. The third-order valence-corrected chi connectivity index (χ3v) is 7.78. The summed E-state index contributed by atoms with van der Waals surface area (Å²) in [5.41, 5.74) is 1.87. The zero-order valence-electron chi connectivity index (χ0n) is 20.5. The molecule has 1 saturated carbocycles. The molecule has 0 unspecified atom stereocenters. The Morgan fingerprint density at radius 3 is 2.74 bits per heavy atom. The summed E-state index contributed by atoms with van der Waals surface area (Å²) in [5.74, 6) is 1.58. The van der Waals surface area contributed by atoms with Gasteiger partial charge >= 0.3 is 0 Å². The number of hydrogen-bond donors (Lipinski definition) is 1. The van der Waals surface area contributed by atoms with Crippen LogP contribution in [-0.2, 0) is 9.53 Å². The van der Waals surface area contributed by atoms with Gasteiger partial charge in [-0.25, -0.2) is 9.97 Å². The van der Waals surface area contributed by atoms with E-state index in [0.29, 0.717) is 19.1 Å². The Bertz CT molecular complexity index is 1020. The van der Waals surface area contributed by atoms with Crippen LogP contribution in [0.5, 0.6) is 5.75 Å². The number of aryl methyl sites for hydroxylation is 1. The Labute approximate surface area is 202 Å². The highest BCUT2D eigenvalue weighted by molar-refractivity contribution is 5.87. The van der Waals surface area contributed by atoms with E-state index in [1.807, 2.05) is 32.0 Å². The molecule has 34 heavy (non-hydrogen) atoms. The molecule has 3 fully saturated rings. The van der Waals surface area contributed by atoms with E-state index in [4.69, 9.17) is 19.4 Å². The molecule has 3 heterocycles. The highest BCUT2D eigenvalue weighted by Gasteiger charge is 2.41. The Hall–Kier alpha value is -2.45. The van der Waals surface area contributed by atoms with Gasteiger partial charge in [0.2, 0.25) is 11.9 Å². The number of benzene rings is 1. The first-order valence-corrected chi connectivity index (χ1v) is 12.9. The van der Waals surface area contributed by atoms with Gasteiger partial charge in [0.15, 0.2) is 0 Å². The number of carbonyl (C=O) groups excluding carboxylic acids is 1. The summed E-state index contributed by atoms with van der Waals surface area (Å²) < 4.78 is 11.2. The van der Waals surface area contributed by atoms with Gasteiger partial charge in [0, 0.05) is 37.1 Å². The summed E-state index contributed by atoms with van der Waals surface area (Å²) in [6.07, 6.45) is 6.57. The van der Waals surface area contributed by atoms with E-state index in [9.17, 15) is 4.79 Å². The average molecular weight is 468 g/mol. The van der Waals surface area contributed by atoms with Crippen LogP contribution >= 0.6 is 0 Å². The van der Waals surface area contributed by atoms with Crippen molar-refractivity contribution in [1.82, 2.24) is 20.2 Å². The minimum atomic E-state index is -0.220. The predicted molar refractivity (Wildman–Crippen MR) is 132 cm³/mol. The van der Waals surface area contributed by atoms with Crippen LogP contribution in [0.15, 0.2) is 18.2 Å². The maximum atomic E-state index is 13.4. The maximum absolute atomic E-state index is 13.4. The molecular formula is C26H37N5O3. The van der Waals surface area contributed by atoms with E-state index >= 15 is 0 Å². The van der Waals surface area contributed by atoms with Gasteiger partial charge in [-0.15, -0.1) is 0 Å². The molecule has 1 aromatic heterocycles. The topological polar surface area (TPSA) is 79.8 Å². The van der Waals surface area contributed by atoms with Gasteiger partial charge in [-0.2, -0.15) is 0 Å². The lowest BCUT2D eigenvalue weighted by Gasteiger charge is -2.43. The van der Waals surface area contributed by atoms with E-state index in [2.05, 4.69) is 15.1 Å². The van der Waals surface area contributed by atoms with E-state index < -0.39 is 0 Å². The lowest BCUT2D eigenvalue weighted by atomic mass is 9.94. The average Bonchev–Trinajstić information content (AvgIpc) is 3.54. The standard InChI is InChI=1S/C26H37N5O3/c1-3-34-20-8-9-22-21(17-20)19(2)28-25(29-22)31-12-6-7-23(31)24(32)27-18-26(10-4-5-11-26)30-13-15-33-16-14-30/h8-9,17,23H,3-7,10-16,18H2,1-2H3,(H,27,32)/t23-/m0/s1. The number of nitrogens with zero attached hydrogens (tertiary/aromatic N) is 4. The van der Waals surface area contributed by atoms with Crippen LogP contribution < -0.4 is 15.0 Å². The first-order valence-electron chi connectivity index (χ1n) is 12.9. The molecule has 2 aliphatic heterocycles. The van der Waals surface area contributed by atoms with Gasteiger partial charge in [0.05, 0.1) is 31.0 Å². The van der Waals surface area contributed by atoms with Crippen molar-refractivity contribution in [3.8, 4) is 5.75 Å². The second kappa shape index (κ2) is 10.0. The van der Waals surface area contributed by atoms with E-state index in [1.165, 1.54) is 12.8 Å². The molecule has 8 heteroatoms. The minimum absolute atomic E-state index is 0.0805. The van der Waals surface area contributed by atoms with Crippen molar-refractivity contribution in [2.45, 2.75) is 64.0 Å². The molecule has 1 aromatic carbocycles. The second-order valence-corrected chi connectivity index (χ2v) is 9.82. The van der Waals surface area contributed by atoms with E-state index in [1.54, 1.807) is 0 Å². The number of morpholine rings is 1. The highest BCUT2D eigenvalue weighted by atomic mass is 16.5. The smallest absolute Gasteiger partial charge is 0.242 e. The third-order valence-electron chi connectivity index (χ3n) is 7.78. The van der Waals surface area contributed by atoms with Crippen molar-refractivity contribution in [3.05, 3.63) is 23.9 Å². The molecule has 3 aliphatic rings. The van der Waals surface area contributed by atoms with Crippen molar-refractivity contribution in [2.24, 2.45) is 0 Å². The molecule has 5 rings (SSSR count). The number of nitrogens with one attached hydrogen (secondary N) is 1. The fourth-order valence-corrected chi connectivity index (χ4v) is 5.95. The Morgan fingerprint density at radius 2 is 1.97 bits per heavy atom. The van der Waals surface area contributed by atoms with Crippen LogP contribution in [0, 0.1) is 6.92 Å². The first-order chi connectivity index (χ1) is 16.6. The molecule has 1 atom stereocenters. The van der Waals surface area contributed by atoms with Crippen LogP contribution in [0.25, 0.3) is 10.9 Å². The summed E-state index contributed by atoms with van der Waals surface area (Å²) in [5, 5.41) is 4.33. The van der Waals surface area contributed by atoms with Crippen LogP contribution in [0.3, 0.4) is 0 Å². The predicted octanol–water partition coefficient (Wildman–Crippen LogP) is 3.07. The zero-order valence-corrected chi connectivity index (χ0v) is 20.5. The Kier molecular flexibility index (Phi) is 6.88. The number of amides is 1. The lowest BCUT2D eigenvalue weighted by Crippen LogP contribution is -2.58. The van der Waals surface area contributed by atoms with Crippen molar-refractivity contribution in [3.63, 3.8) is 0 Å².